The highest BCUT2D eigenvalue weighted by molar-refractivity contribution is 5.37. The molecule has 21 heavy (non-hydrogen) atoms. The molecular formula is C15H16FN3O2. The minimum absolute atomic E-state index is 0.289. The van der Waals surface area contributed by atoms with Crippen LogP contribution in [0, 0.1) is 15.9 Å². The molecule has 1 aliphatic carbocycles. The second-order valence-electron chi connectivity index (χ2n) is 5.35. The third kappa shape index (κ3) is 3.28. The molecule has 0 aliphatic heterocycles. The SMILES string of the molecule is O=[N+]([O-])c1cccc(Cn2ccc(CNC3CC3)c2)c1F. The molecule has 1 N–H and O–H groups in total. The van der Waals surface area contributed by atoms with Crippen molar-refractivity contribution in [2.75, 3.05) is 0 Å². The number of aromatic nitrogens is 1. The lowest BCUT2D eigenvalue weighted by molar-refractivity contribution is -0.387. The van der Waals surface area contributed by atoms with E-state index in [0.29, 0.717) is 11.6 Å². The summed E-state index contributed by atoms with van der Waals surface area (Å²) in [6.07, 6.45) is 6.27. The third-order valence-corrected chi connectivity index (χ3v) is 3.59. The first kappa shape index (κ1) is 13.8. The minimum Gasteiger partial charge on any atom is -0.349 e. The van der Waals surface area contributed by atoms with Crippen molar-refractivity contribution in [3.8, 4) is 0 Å². The van der Waals surface area contributed by atoms with E-state index < -0.39 is 16.4 Å². The van der Waals surface area contributed by atoms with Crippen molar-refractivity contribution in [1.29, 1.82) is 0 Å². The number of nitrogens with zero attached hydrogens (tertiary/aromatic N) is 2. The van der Waals surface area contributed by atoms with E-state index >= 15 is 0 Å². The Morgan fingerprint density at radius 3 is 2.90 bits per heavy atom. The Labute approximate surface area is 121 Å². The summed E-state index contributed by atoms with van der Waals surface area (Å²) >= 11 is 0. The zero-order valence-corrected chi connectivity index (χ0v) is 11.5. The number of benzene rings is 1. The van der Waals surface area contributed by atoms with Gasteiger partial charge in [-0.25, -0.2) is 0 Å². The molecule has 2 aromatic rings. The fourth-order valence-electron chi connectivity index (χ4n) is 2.27. The average Bonchev–Trinajstić information content (AvgIpc) is 3.18. The molecule has 110 valence electrons. The van der Waals surface area contributed by atoms with Gasteiger partial charge in [-0.2, -0.15) is 4.39 Å². The van der Waals surface area contributed by atoms with E-state index in [0.717, 1.165) is 12.1 Å². The number of nitrogens with one attached hydrogen (secondary N) is 1. The van der Waals surface area contributed by atoms with Gasteiger partial charge >= 0.3 is 5.69 Å². The van der Waals surface area contributed by atoms with Crippen molar-refractivity contribution >= 4 is 5.69 Å². The lowest BCUT2D eigenvalue weighted by atomic mass is 10.2. The number of halogens is 1. The molecule has 3 rings (SSSR count). The molecule has 5 nitrogen and oxygen atoms in total. The van der Waals surface area contributed by atoms with Crippen LogP contribution in [0.15, 0.2) is 36.7 Å². The van der Waals surface area contributed by atoms with Crippen LogP contribution >= 0.6 is 0 Å². The highest BCUT2D eigenvalue weighted by Crippen LogP contribution is 2.22. The van der Waals surface area contributed by atoms with Crippen LogP contribution in [0.5, 0.6) is 0 Å². The van der Waals surface area contributed by atoms with Gasteiger partial charge in [-0.1, -0.05) is 12.1 Å². The first-order chi connectivity index (χ1) is 10.1. The lowest BCUT2D eigenvalue weighted by Crippen LogP contribution is -2.14. The van der Waals surface area contributed by atoms with Gasteiger partial charge in [0.25, 0.3) is 0 Å². The van der Waals surface area contributed by atoms with Gasteiger partial charge in [0.2, 0.25) is 5.82 Å². The molecule has 6 heteroatoms. The van der Waals surface area contributed by atoms with Crippen LogP contribution < -0.4 is 5.32 Å². The fraction of sp³-hybridized carbons (Fsp3) is 0.333. The van der Waals surface area contributed by atoms with E-state index in [1.807, 2.05) is 23.0 Å². The molecule has 0 bridgehead atoms. The second-order valence-corrected chi connectivity index (χ2v) is 5.35. The Morgan fingerprint density at radius 2 is 2.19 bits per heavy atom. The summed E-state index contributed by atoms with van der Waals surface area (Å²) in [6.45, 7) is 1.09. The molecule has 1 aliphatic rings. The normalized spacial score (nSPS) is 14.3. The minimum atomic E-state index is -0.756. The smallest absolute Gasteiger partial charge is 0.305 e. The van der Waals surface area contributed by atoms with Gasteiger partial charge in [-0.15, -0.1) is 0 Å². The maximum absolute atomic E-state index is 14.0. The van der Waals surface area contributed by atoms with E-state index in [-0.39, 0.29) is 6.54 Å². The largest absolute Gasteiger partial charge is 0.349 e. The van der Waals surface area contributed by atoms with Gasteiger partial charge in [-0.3, -0.25) is 10.1 Å². The Bertz CT molecular complexity index is 665. The summed E-state index contributed by atoms with van der Waals surface area (Å²) in [5.41, 5.74) is 0.976. The van der Waals surface area contributed by atoms with Gasteiger partial charge in [0, 0.05) is 36.6 Å². The maximum Gasteiger partial charge on any atom is 0.305 e. The van der Waals surface area contributed by atoms with Crippen LogP contribution in [0.4, 0.5) is 10.1 Å². The van der Waals surface area contributed by atoms with E-state index in [4.69, 9.17) is 0 Å². The number of hydrogen-bond donors (Lipinski definition) is 1. The number of nitro benzene ring substituents is 1. The van der Waals surface area contributed by atoms with Crippen molar-refractivity contribution in [2.45, 2.75) is 32.0 Å². The van der Waals surface area contributed by atoms with Crippen LogP contribution in [0.2, 0.25) is 0 Å². The van der Waals surface area contributed by atoms with Crippen LogP contribution in [0.3, 0.4) is 0 Å². The highest BCUT2D eigenvalue weighted by Gasteiger charge is 2.20. The number of hydrogen-bond acceptors (Lipinski definition) is 3. The molecule has 1 aromatic carbocycles. The molecule has 0 atom stereocenters. The Kier molecular flexibility index (Phi) is 3.70. The number of nitro groups is 1. The molecule has 1 fully saturated rings. The molecule has 0 saturated heterocycles. The van der Waals surface area contributed by atoms with Crippen LogP contribution in [0.25, 0.3) is 0 Å². The molecule has 0 unspecified atom stereocenters. The summed E-state index contributed by atoms with van der Waals surface area (Å²) in [5.74, 6) is -0.756. The third-order valence-electron chi connectivity index (χ3n) is 3.59. The molecule has 0 spiro atoms. The summed E-state index contributed by atoms with van der Waals surface area (Å²) in [5, 5.41) is 14.1. The summed E-state index contributed by atoms with van der Waals surface area (Å²) < 4.78 is 15.8. The summed E-state index contributed by atoms with van der Waals surface area (Å²) in [6, 6.07) is 6.88. The zero-order chi connectivity index (χ0) is 14.8. The molecule has 1 heterocycles. The van der Waals surface area contributed by atoms with Gasteiger partial charge in [0.05, 0.1) is 11.5 Å². The monoisotopic (exact) mass is 289 g/mol. The predicted molar refractivity (Wildman–Crippen MR) is 76.5 cm³/mol. The van der Waals surface area contributed by atoms with Crippen LogP contribution in [-0.4, -0.2) is 15.5 Å². The fourth-order valence-corrected chi connectivity index (χ4v) is 2.27. The average molecular weight is 289 g/mol. The quantitative estimate of drug-likeness (QED) is 0.657. The Balaban J connectivity index is 1.71. The Hall–Kier alpha value is -2.21. The van der Waals surface area contributed by atoms with Crippen molar-refractivity contribution < 1.29 is 9.31 Å². The van der Waals surface area contributed by atoms with Crippen molar-refractivity contribution in [2.24, 2.45) is 0 Å². The van der Waals surface area contributed by atoms with E-state index in [9.17, 15) is 14.5 Å². The predicted octanol–water partition coefficient (Wildman–Crippen LogP) is 2.84. The van der Waals surface area contributed by atoms with E-state index in [1.54, 1.807) is 6.07 Å². The molecule has 0 amide bonds. The van der Waals surface area contributed by atoms with Gasteiger partial charge in [0.15, 0.2) is 0 Å². The van der Waals surface area contributed by atoms with Gasteiger partial charge in [0.1, 0.15) is 0 Å². The second kappa shape index (κ2) is 5.65. The summed E-state index contributed by atoms with van der Waals surface area (Å²) in [7, 11) is 0. The first-order valence-electron chi connectivity index (χ1n) is 6.93. The Morgan fingerprint density at radius 1 is 1.38 bits per heavy atom. The van der Waals surface area contributed by atoms with Crippen LogP contribution in [0.1, 0.15) is 24.0 Å². The van der Waals surface area contributed by atoms with Crippen molar-refractivity contribution in [3.05, 3.63) is 63.7 Å². The molecular weight excluding hydrogens is 273 g/mol. The van der Waals surface area contributed by atoms with E-state index in [2.05, 4.69) is 5.32 Å². The van der Waals surface area contributed by atoms with Gasteiger partial charge < -0.3 is 9.88 Å². The maximum atomic E-state index is 14.0. The van der Waals surface area contributed by atoms with Crippen LogP contribution in [-0.2, 0) is 13.1 Å². The first-order valence-corrected chi connectivity index (χ1v) is 6.93. The standard InChI is InChI=1S/C15H16FN3O2/c16-15-12(2-1-3-14(15)19(20)21)10-18-7-6-11(9-18)8-17-13-4-5-13/h1-3,6-7,9,13,17H,4-5,8,10H2. The molecule has 1 aromatic heterocycles. The highest BCUT2D eigenvalue weighted by atomic mass is 19.1. The zero-order valence-electron chi connectivity index (χ0n) is 11.5. The molecule has 0 radical (unpaired) electrons. The molecule has 1 saturated carbocycles. The summed E-state index contributed by atoms with van der Waals surface area (Å²) in [4.78, 5) is 10.0. The lowest BCUT2D eigenvalue weighted by Gasteiger charge is -2.05. The van der Waals surface area contributed by atoms with E-state index in [1.165, 1.54) is 25.0 Å². The van der Waals surface area contributed by atoms with Gasteiger partial charge in [-0.05, 0) is 24.5 Å². The van der Waals surface area contributed by atoms with Crippen molar-refractivity contribution in [3.63, 3.8) is 0 Å². The van der Waals surface area contributed by atoms with Crippen molar-refractivity contribution in [1.82, 2.24) is 9.88 Å². The topological polar surface area (TPSA) is 60.1 Å². The number of rotatable bonds is 6.